The van der Waals surface area contributed by atoms with Crippen molar-refractivity contribution in [3.63, 3.8) is 0 Å². The Balaban J connectivity index is 2.25. The van der Waals surface area contributed by atoms with Gasteiger partial charge in [0.05, 0.1) is 5.02 Å². The molecule has 0 bridgehead atoms. The zero-order chi connectivity index (χ0) is 12.4. The molecule has 0 aliphatic carbocycles. The van der Waals surface area contributed by atoms with Crippen molar-refractivity contribution < 1.29 is 14.3 Å². The van der Waals surface area contributed by atoms with Crippen molar-refractivity contribution in [2.24, 2.45) is 0 Å². The van der Waals surface area contributed by atoms with Gasteiger partial charge in [-0.1, -0.05) is 34.8 Å². The average Bonchev–Trinajstić information content (AvgIpc) is 2.29. The molecule has 2 rings (SSSR count). The highest BCUT2D eigenvalue weighted by atomic mass is 35.5. The van der Waals surface area contributed by atoms with Gasteiger partial charge in [0.15, 0.2) is 16.3 Å². The Bertz CT molecular complexity index is 451. The summed E-state index contributed by atoms with van der Waals surface area (Å²) in [7, 11) is 0. The van der Waals surface area contributed by atoms with Crippen molar-refractivity contribution in [2.75, 3.05) is 18.5 Å². The maximum atomic E-state index is 11.3. The van der Waals surface area contributed by atoms with E-state index in [-0.39, 0.29) is 0 Å². The van der Waals surface area contributed by atoms with E-state index in [0.29, 0.717) is 35.4 Å². The van der Waals surface area contributed by atoms with Gasteiger partial charge in [0.25, 0.3) is 5.91 Å². The van der Waals surface area contributed by atoms with Gasteiger partial charge in [0.1, 0.15) is 13.2 Å². The second-order valence-electron chi connectivity index (χ2n) is 3.27. The molecule has 0 unspecified atom stereocenters. The summed E-state index contributed by atoms with van der Waals surface area (Å²) in [5.41, 5.74) is 0.454. The Morgan fingerprint density at radius 1 is 1.29 bits per heavy atom. The van der Waals surface area contributed by atoms with Crippen LogP contribution in [0.3, 0.4) is 0 Å². The summed E-state index contributed by atoms with van der Waals surface area (Å²) in [4.78, 5) is 10.2. The van der Waals surface area contributed by atoms with Crippen LogP contribution in [0, 0.1) is 0 Å². The molecular weight excluding hydrogens is 288 g/mol. The topological polar surface area (TPSA) is 47.6 Å². The van der Waals surface area contributed by atoms with E-state index in [2.05, 4.69) is 5.32 Å². The molecule has 0 saturated carbocycles. The molecule has 0 radical (unpaired) electrons. The predicted molar refractivity (Wildman–Crippen MR) is 66.6 cm³/mol. The lowest BCUT2D eigenvalue weighted by atomic mass is 10.2. The van der Waals surface area contributed by atoms with Gasteiger partial charge in [-0.3, -0.25) is 4.79 Å². The maximum absolute atomic E-state index is 11.3. The molecule has 17 heavy (non-hydrogen) atoms. The lowest BCUT2D eigenvalue weighted by Gasteiger charge is -2.20. The van der Waals surface area contributed by atoms with Gasteiger partial charge in [0.2, 0.25) is 0 Å². The standard InChI is InChI=1S/C10H8Cl3NO3/c11-6-3-5(14-10(15)9(12)13)4-7-8(6)17-2-1-16-7/h3-4,9H,1-2H2,(H,14,15). The Morgan fingerprint density at radius 3 is 2.71 bits per heavy atom. The monoisotopic (exact) mass is 295 g/mol. The van der Waals surface area contributed by atoms with Crippen LogP contribution in [-0.4, -0.2) is 24.0 Å². The maximum Gasteiger partial charge on any atom is 0.257 e. The SMILES string of the molecule is O=C(Nc1cc(Cl)c2c(c1)OCCO2)C(Cl)Cl. The van der Waals surface area contributed by atoms with Crippen molar-refractivity contribution in [1.82, 2.24) is 0 Å². The number of halogens is 3. The largest absolute Gasteiger partial charge is 0.486 e. The van der Waals surface area contributed by atoms with Crippen LogP contribution in [0.1, 0.15) is 0 Å². The van der Waals surface area contributed by atoms with Crippen LogP contribution in [-0.2, 0) is 4.79 Å². The molecule has 0 saturated heterocycles. The molecule has 0 fully saturated rings. The van der Waals surface area contributed by atoms with Gasteiger partial charge in [0, 0.05) is 11.8 Å². The average molecular weight is 297 g/mol. The first-order valence-corrected chi connectivity index (χ1v) is 6.01. The molecule has 1 aromatic carbocycles. The van der Waals surface area contributed by atoms with E-state index in [0.717, 1.165) is 0 Å². The van der Waals surface area contributed by atoms with Gasteiger partial charge in [-0.2, -0.15) is 0 Å². The van der Waals surface area contributed by atoms with Crippen LogP contribution >= 0.6 is 34.8 Å². The van der Waals surface area contributed by atoms with Crippen molar-refractivity contribution in [3.8, 4) is 11.5 Å². The van der Waals surface area contributed by atoms with E-state index in [9.17, 15) is 4.79 Å². The highest BCUT2D eigenvalue weighted by Crippen LogP contribution is 2.39. The second-order valence-corrected chi connectivity index (χ2v) is 4.78. The number of fused-ring (bicyclic) bond motifs is 1. The first kappa shape index (κ1) is 12.6. The minimum Gasteiger partial charge on any atom is -0.486 e. The van der Waals surface area contributed by atoms with Crippen molar-refractivity contribution >= 4 is 46.4 Å². The molecular formula is C10H8Cl3NO3. The summed E-state index contributed by atoms with van der Waals surface area (Å²) in [5.74, 6) is 0.435. The third-order valence-electron chi connectivity index (χ3n) is 2.06. The first-order chi connectivity index (χ1) is 8.08. The Hall–Kier alpha value is -0.840. The molecule has 1 aromatic rings. The third kappa shape index (κ3) is 2.89. The zero-order valence-corrected chi connectivity index (χ0v) is 10.8. The number of hydrogen-bond acceptors (Lipinski definition) is 3. The highest BCUT2D eigenvalue weighted by Gasteiger charge is 2.18. The summed E-state index contributed by atoms with van der Waals surface area (Å²) < 4.78 is 10.7. The summed E-state index contributed by atoms with van der Waals surface area (Å²) in [6.45, 7) is 0.887. The molecule has 0 aromatic heterocycles. The highest BCUT2D eigenvalue weighted by molar-refractivity contribution is 6.54. The fraction of sp³-hybridized carbons (Fsp3) is 0.300. The van der Waals surface area contributed by atoms with Crippen LogP contribution in [0.2, 0.25) is 5.02 Å². The Morgan fingerprint density at radius 2 is 2.00 bits per heavy atom. The molecule has 7 heteroatoms. The normalized spacial score (nSPS) is 13.6. The first-order valence-electron chi connectivity index (χ1n) is 4.76. The van der Waals surface area contributed by atoms with Crippen LogP contribution in [0.4, 0.5) is 5.69 Å². The van der Waals surface area contributed by atoms with Gasteiger partial charge >= 0.3 is 0 Å². The number of rotatable bonds is 2. The molecule has 1 aliphatic heterocycles. The molecule has 92 valence electrons. The summed E-state index contributed by atoms with van der Waals surface area (Å²) in [5, 5.41) is 2.87. The lowest BCUT2D eigenvalue weighted by molar-refractivity contribution is -0.114. The van der Waals surface area contributed by atoms with Crippen molar-refractivity contribution in [3.05, 3.63) is 17.2 Å². The molecule has 1 heterocycles. The number of carbonyl (C=O) groups is 1. The Labute approximate surface area is 113 Å². The smallest absolute Gasteiger partial charge is 0.257 e. The number of anilines is 1. The lowest BCUT2D eigenvalue weighted by Crippen LogP contribution is -2.19. The minimum atomic E-state index is -1.14. The summed E-state index contributed by atoms with van der Waals surface area (Å²) >= 11 is 16.8. The quantitative estimate of drug-likeness (QED) is 0.854. The number of amides is 1. The molecule has 0 spiro atoms. The molecule has 1 aliphatic rings. The molecule has 4 nitrogen and oxygen atoms in total. The number of alkyl halides is 2. The van der Waals surface area contributed by atoms with Crippen LogP contribution < -0.4 is 14.8 Å². The predicted octanol–water partition coefficient (Wildman–Crippen LogP) is 2.85. The van der Waals surface area contributed by atoms with Crippen molar-refractivity contribution in [2.45, 2.75) is 4.84 Å². The van der Waals surface area contributed by atoms with Crippen molar-refractivity contribution in [1.29, 1.82) is 0 Å². The van der Waals surface area contributed by atoms with E-state index in [1.54, 1.807) is 12.1 Å². The minimum absolute atomic E-state index is 0.359. The number of hydrogen-bond donors (Lipinski definition) is 1. The van der Waals surface area contributed by atoms with E-state index in [1.165, 1.54) is 0 Å². The van der Waals surface area contributed by atoms with E-state index >= 15 is 0 Å². The number of benzene rings is 1. The number of nitrogens with one attached hydrogen (secondary N) is 1. The van der Waals surface area contributed by atoms with Gasteiger partial charge < -0.3 is 14.8 Å². The van der Waals surface area contributed by atoms with E-state index < -0.39 is 10.7 Å². The number of carbonyl (C=O) groups excluding carboxylic acids is 1. The number of ether oxygens (including phenoxy) is 2. The van der Waals surface area contributed by atoms with Gasteiger partial charge in [-0.25, -0.2) is 0 Å². The van der Waals surface area contributed by atoms with Crippen LogP contribution in [0.25, 0.3) is 0 Å². The second kappa shape index (κ2) is 5.21. The van der Waals surface area contributed by atoms with E-state index in [1.807, 2.05) is 0 Å². The molecule has 1 amide bonds. The summed E-state index contributed by atoms with van der Waals surface area (Å²) in [6, 6.07) is 3.15. The van der Waals surface area contributed by atoms with E-state index in [4.69, 9.17) is 44.3 Å². The zero-order valence-electron chi connectivity index (χ0n) is 8.50. The van der Waals surface area contributed by atoms with Crippen LogP contribution in [0.5, 0.6) is 11.5 Å². The Kier molecular flexibility index (Phi) is 3.86. The molecule has 0 atom stereocenters. The van der Waals surface area contributed by atoms with Gasteiger partial charge in [-0.05, 0) is 6.07 Å². The third-order valence-corrected chi connectivity index (χ3v) is 2.74. The van der Waals surface area contributed by atoms with Crippen LogP contribution in [0.15, 0.2) is 12.1 Å². The fourth-order valence-electron chi connectivity index (χ4n) is 1.38. The van der Waals surface area contributed by atoms with Gasteiger partial charge in [-0.15, -0.1) is 0 Å². The summed E-state index contributed by atoms with van der Waals surface area (Å²) in [6.07, 6.45) is 0. The molecule has 1 N–H and O–H groups in total. The fourth-order valence-corrected chi connectivity index (χ4v) is 1.75.